The van der Waals surface area contributed by atoms with E-state index < -0.39 is 6.82 Å². The van der Waals surface area contributed by atoms with Crippen LogP contribution in [0.2, 0.25) is 0 Å². The molecule has 0 aliphatic heterocycles. The average molecular weight is 437 g/mol. The third kappa shape index (κ3) is 14.4. The van der Waals surface area contributed by atoms with Gasteiger partial charge in [0, 0.05) is 0 Å². The van der Waals surface area contributed by atoms with E-state index in [1.807, 2.05) is 6.26 Å². The van der Waals surface area contributed by atoms with E-state index in [1.54, 1.807) is 23.5 Å². The fraction of sp³-hybridized carbons (Fsp3) is 1.00. The summed E-state index contributed by atoms with van der Waals surface area (Å²) in [5, 5.41) is 0. The molecule has 2 unspecified atom stereocenters. The molecule has 0 fully saturated rings. The molecule has 0 saturated heterocycles. The lowest BCUT2D eigenvalue weighted by Crippen LogP contribution is -2.16. The SMILES string of the molecule is CCCSC(S)C(S)(S)S.CSC(S)C(S)(S)S. The largest absolute Gasteiger partial charge is 0.162 e. The van der Waals surface area contributed by atoms with Crippen LogP contribution in [0.1, 0.15) is 13.3 Å². The number of hydrogen-bond donors (Lipinski definition) is 8. The predicted molar refractivity (Wildman–Crippen MR) is 121 cm³/mol. The highest BCUT2D eigenvalue weighted by Crippen LogP contribution is 2.38. The zero-order valence-corrected chi connectivity index (χ0v) is 18.8. The van der Waals surface area contributed by atoms with E-state index in [0.29, 0.717) is 0 Å². The van der Waals surface area contributed by atoms with Gasteiger partial charge in [-0.1, -0.05) is 6.92 Å². The van der Waals surface area contributed by atoms with Gasteiger partial charge in [0.05, 0.1) is 9.16 Å². The molecule has 0 aliphatic rings. The summed E-state index contributed by atoms with van der Waals surface area (Å²) in [7, 11) is 0. The Morgan fingerprint density at radius 1 is 0.889 bits per heavy atom. The molecule has 0 radical (unpaired) electrons. The summed E-state index contributed by atoms with van der Waals surface area (Å²) >= 11 is 36.4. The van der Waals surface area contributed by atoms with E-state index in [-0.39, 0.29) is 9.16 Å². The van der Waals surface area contributed by atoms with Crippen molar-refractivity contribution in [3.63, 3.8) is 0 Å². The first-order valence-corrected chi connectivity index (χ1v) is 10.9. The molecule has 18 heavy (non-hydrogen) atoms. The zero-order valence-electron chi connectivity index (χ0n) is 9.96. The maximum absolute atomic E-state index is 4.28. The van der Waals surface area contributed by atoms with Crippen LogP contribution in [-0.4, -0.2) is 28.0 Å². The molecular weight excluding hydrogens is 417 g/mol. The summed E-state index contributed by atoms with van der Waals surface area (Å²) in [5.74, 6) is 1.08. The zero-order chi connectivity index (χ0) is 15.0. The smallest absolute Gasteiger partial charge is 0.119 e. The van der Waals surface area contributed by atoms with Crippen molar-refractivity contribution >= 4 is 125 Å². The minimum absolute atomic E-state index is 0.0532. The van der Waals surface area contributed by atoms with Crippen LogP contribution in [0.5, 0.6) is 0 Å². The average Bonchev–Trinajstić information content (AvgIpc) is 2.22. The van der Waals surface area contributed by atoms with Crippen LogP contribution in [0.3, 0.4) is 0 Å². The van der Waals surface area contributed by atoms with E-state index >= 15 is 0 Å². The van der Waals surface area contributed by atoms with Gasteiger partial charge in [-0.3, -0.25) is 0 Å². The Labute approximate surface area is 164 Å². The molecule has 0 bridgehead atoms. The monoisotopic (exact) mass is 436 g/mol. The molecule has 0 nitrogen and oxygen atoms in total. The van der Waals surface area contributed by atoms with E-state index in [1.165, 1.54) is 0 Å². The summed E-state index contributed by atoms with van der Waals surface area (Å²) in [6.07, 6.45) is 3.09. The van der Waals surface area contributed by atoms with E-state index in [2.05, 4.69) is 108 Å². The molecule has 0 spiro atoms. The van der Waals surface area contributed by atoms with Crippen molar-refractivity contribution in [1.82, 2.24) is 0 Å². The molecule has 0 aromatic carbocycles. The molecule has 0 aromatic heterocycles. The quantitative estimate of drug-likeness (QED) is 0.221. The molecule has 2 atom stereocenters. The van der Waals surface area contributed by atoms with Crippen molar-refractivity contribution in [2.24, 2.45) is 0 Å². The minimum Gasteiger partial charge on any atom is -0.162 e. The van der Waals surface area contributed by atoms with Gasteiger partial charge in [0.25, 0.3) is 0 Å². The molecule has 10 heteroatoms. The third-order valence-corrected chi connectivity index (χ3v) is 9.15. The number of rotatable bonds is 6. The Kier molecular flexibility index (Phi) is 15.8. The van der Waals surface area contributed by atoms with Crippen LogP contribution in [-0.2, 0) is 0 Å². The summed E-state index contributed by atoms with van der Waals surface area (Å²) < 4.78 is -1.04. The molecule has 0 heterocycles. The summed E-state index contributed by atoms with van der Waals surface area (Å²) in [6.45, 7) is 2.13. The van der Waals surface area contributed by atoms with Gasteiger partial charge in [-0.15, -0.1) is 99.3 Å². The van der Waals surface area contributed by atoms with Crippen molar-refractivity contribution in [2.75, 3.05) is 12.0 Å². The minimum atomic E-state index is -0.581. The summed E-state index contributed by atoms with van der Waals surface area (Å²) in [5.41, 5.74) is 0. The Morgan fingerprint density at radius 3 is 1.44 bits per heavy atom. The van der Waals surface area contributed by atoms with Crippen LogP contribution in [0.25, 0.3) is 0 Å². The first-order valence-electron chi connectivity index (χ1n) is 4.81. The second-order valence-corrected chi connectivity index (χ2v) is 13.4. The lowest BCUT2D eigenvalue weighted by molar-refractivity contribution is 1.10. The maximum Gasteiger partial charge on any atom is 0.119 e. The molecule has 112 valence electrons. The van der Waals surface area contributed by atoms with Gasteiger partial charge < -0.3 is 0 Å². The molecule has 0 amide bonds. The normalized spacial score (nSPS) is 15.7. The molecule has 0 N–H and O–H groups in total. The van der Waals surface area contributed by atoms with Crippen LogP contribution < -0.4 is 0 Å². The third-order valence-electron chi connectivity index (χ3n) is 1.37. The second-order valence-electron chi connectivity index (χ2n) is 3.19. The predicted octanol–water partition coefficient (Wildman–Crippen LogP) is 4.88. The van der Waals surface area contributed by atoms with Crippen LogP contribution in [0, 0.1) is 0 Å². The standard InChI is InChI=1S/C5H12S5.C3H8S5/c1-2-3-10-4(6)5(7,8)9;1-8-2(4)3(5,6)7/h4,6-9H,2-3H2,1H3;2,4-7H,1H3. The number of thioether (sulfide) groups is 2. The Balaban J connectivity index is 0. The van der Waals surface area contributed by atoms with Gasteiger partial charge in [-0.2, -0.15) is 25.3 Å². The maximum atomic E-state index is 4.28. The number of hydrogen-bond acceptors (Lipinski definition) is 10. The highest BCUT2D eigenvalue weighted by atomic mass is 32.2. The van der Waals surface area contributed by atoms with Crippen molar-refractivity contribution in [3.8, 4) is 0 Å². The Morgan fingerprint density at radius 2 is 1.28 bits per heavy atom. The van der Waals surface area contributed by atoms with E-state index in [4.69, 9.17) is 0 Å². The highest BCUT2D eigenvalue weighted by molar-refractivity contribution is 8.22. The fourth-order valence-electron chi connectivity index (χ4n) is 0.499. The van der Waals surface area contributed by atoms with Gasteiger partial charge >= 0.3 is 0 Å². The van der Waals surface area contributed by atoms with E-state index in [9.17, 15) is 0 Å². The highest BCUT2D eigenvalue weighted by Gasteiger charge is 2.24. The molecular formula is C8H20S10. The van der Waals surface area contributed by atoms with Crippen LogP contribution in [0.15, 0.2) is 0 Å². The van der Waals surface area contributed by atoms with Gasteiger partial charge in [0.15, 0.2) is 0 Å². The van der Waals surface area contributed by atoms with Crippen molar-refractivity contribution in [1.29, 1.82) is 0 Å². The van der Waals surface area contributed by atoms with Crippen LogP contribution >= 0.6 is 125 Å². The second kappa shape index (κ2) is 12.0. The van der Waals surface area contributed by atoms with Crippen molar-refractivity contribution in [2.45, 2.75) is 29.3 Å². The summed E-state index contributed by atoms with van der Waals surface area (Å²) in [4.78, 5) is 0. The van der Waals surface area contributed by atoms with Gasteiger partial charge in [0.1, 0.15) is 6.82 Å². The molecule has 0 rings (SSSR count). The van der Waals surface area contributed by atoms with Gasteiger partial charge in [0.2, 0.25) is 0 Å². The van der Waals surface area contributed by atoms with Gasteiger partial charge in [-0.05, 0) is 18.4 Å². The summed E-state index contributed by atoms with van der Waals surface area (Å²) in [6, 6.07) is 0. The van der Waals surface area contributed by atoms with Crippen LogP contribution in [0.4, 0.5) is 0 Å². The Hall–Kier alpha value is 3.50. The molecule has 0 saturated carbocycles. The van der Waals surface area contributed by atoms with Crippen molar-refractivity contribution < 1.29 is 0 Å². The van der Waals surface area contributed by atoms with Crippen molar-refractivity contribution in [3.05, 3.63) is 0 Å². The topological polar surface area (TPSA) is 0 Å². The fourth-order valence-corrected chi connectivity index (χ4v) is 3.43. The lowest BCUT2D eigenvalue weighted by Gasteiger charge is -2.22. The first-order chi connectivity index (χ1) is 7.96. The van der Waals surface area contributed by atoms with E-state index in [0.717, 1.165) is 12.2 Å². The lowest BCUT2D eigenvalue weighted by atomic mass is 10.6. The number of thiol groups is 8. The molecule has 0 aliphatic carbocycles. The first kappa shape index (κ1) is 23.8. The van der Waals surface area contributed by atoms with Gasteiger partial charge in [-0.25, -0.2) is 0 Å². The molecule has 0 aromatic rings. The Bertz CT molecular complexity index is 195.